The van der Waals surface area contributed by atoms with Gasteiger partial charge in [0.1, 0.15) is 11.6 Å². The molecule has 1 aromatic heterocycles. The number of anilines is 1. The van der Waals surface area contributed by atoms with Crippen molar-refractivity contribution in [2.24, 2.45) is 0 Å². The summed E-state index contributed by atoms with van der Waals surface area (Å²) in [5.41, 5.74) is 1.49. The first-order valence-electron chi connectivity index (χ1n) is 10.0. The zero-order valence-electron chi connectivity index (χ0n) is 18.3. The molecule has 0 bridgehead atoms. The summed E-state index contributed by atoms with van der Waals surface area (Å²) in [4.78, 5) is 26.4. The number of carbonyl (C=O) groups is 2. The van der Waals surface area contributed by atoms with Gasteiger partial charge in [0.25, 0.3) is 0 Å². The lowest BCUT2D eigenvalue weighted by Crippen LogP contribution is -2.38. The zero-order valence-corrected chi connectivity index (χ0v) is 18.3. The molecule has 0 saturated heterocycles. The van der Waals surface area contributed by atoms with E-state index in [1.807, 2.05) is 37.3 Å². The monoisotopic (exact) mass is 400 g/mol. The molecule has 2 rings (SSSR count). The van der Waals surface area contributed by atoms with Crippen LogP contribution < -0.4 is 10.1 Å². The fraction of sp³-hybridized carbons (Fsp3) is 0.500. The summed E-state index contributed by atoms with van der Waals surface area (Å²) in [7, 11) is 1.62. The Balaban J connectivity index is 2.31. The van der Waals surface area contributed by atoms with Gasteiger partial charge >= 0.3 is 0 Å². The predicted octanol–water partition coefficient (Wildman–Crippen LogP) is 3.77. The highest BCUT2D eigenvalue weighted by atomic mass is 16.5. The van der Waals surface area contributed by atoms with E-state index >= 15 is 0 Å². The number of amides is 2. The van der Waals surface area contributed by atoms with Gasteiger partial charge in [-0.2, -0.15) is 5.10 Å². The number of hydrogen-bond acceptors (Lipinski definition) is 4. The highest BCUT2D eigenvalue weighted by Gasteiger charge is 2.22. The van der Waals surface area contributed by atoms with Crippen LogP contribution >= 0.6 is 0 Å². The van der Waals surface area contributed by atoms with Crippen LogP contribution in [-0.4, -0.2) is 46.7 Å². The van der Waals surface area contributed by atoms with Crippen molar-refractivity contribution in [3.63, 3.8) is 0 Å². The Kier molecular flexibility index (Phi) is 7.42. The normalized spacial score (nSPS) is 11.2. The maximum Gasteiger partial charge on any atom is 0.245 e. The Morgan fingerprint density at radius 3 is 2.34 bits per heavy atom. The number of methoxy groups -OCH3 is 1. The minimum atomic E-state index is -0.240. The number of rotatable bonds is 8. The van der Waals surface area contributed by atoms with E-state index in [2.05, 4.69) is 26.1 Å². The smallest absolute Gasteiger partial charge is 0.245 e. The highest BCUT2D eigenvalue weighted by molar-refractivity contribution is 5.94. The number of carbonyl (C=O) groups excluding carboxylic acids is 2. The second-order valence-corrected chi connectivity index (χ2v) is 7.99. The van der Waals surface area contributed by atoms with Gasteiger partial charge in [-0.3, -0.25) is 9.59 Å². The third-order valence-corrected chi connectivity index (χ3v) is 4.55. The molecule has 2 amide bonds. The predicted molar refractivity (Wildman–Crippen MR) is 115 cm³/mol. The first-order chi connectivity index (χ1) is 13.7. The van der Waals surface area contributed by atoms with Crippen molar-refractivity contribution in [3.05, 3.63) is 36.0 Å². The molecule has 2 aromatic rings. The van der Waals surface area contributed by atoms with Crippen LogP contribution in [0, 0.1) is 0 Å². The van der Waals surface area contributed by atoms with Crippen LogP contribution in [0.3, 0.4) is 0 Å². The maximum atomic E-state index is 12.7. The summed E-state index contributed by atoms with van der Waals surface area (Å²) >= 11 is 0. The van der Waals surface area contributed by atoms with Crippen LogP contribution in [0.5, 0.6) is 5.75 Å². The third kappa shape index (κ3) is 5.82. The number of ether oxygens (including phenoxy) is 1. The third-order valence-electron chi connectivity index (χ3n) is 4.55. The van der Waals surface area contributed by atoms with Gasteiger partial charge in [0.05, 0.1) is 25.0 Å². The molecule has 0 saturated carbocycles. The average Bonchev–Trinajstić information content (AvgIpc) is 3.11. The molecule has 1 aromatic carbocycles. The minimum absolute atomic E-state index is 0.0268. The summed E-state index contributed by atoms with van der Waals surface area (Å²) in [5.74, 6) is 1.05. The van der Waals surface area contributed by atoms with Crippen molar-refractivity contribution in [1.29, 1.82) is 0 Å². The molecule has 0 unspecified atom stereocenters. The largest absolute Gasteiger partial charge is 0.497 e. The van der Waals surface area contributed by atoms with Gasteiger partial charge in [0, 0.05) is 24.4 Å². The van der Waals surface area contributed by atoms with Crippen molar-refractivity contribution in [2.45, 2.75) is 52.9 Å². The SMILES string of the molecule is CCCN(CC(=O)Nc1cc(C(C)(C)C)nn1-c1ccc(OC)cc1)C(=O)CC. The van der Waals surface area contributed by atoms with Crippen molar-refractivity contribution >= 4 is 17.6 Å². The molecule has 1 heterocycles. The van der Waals surface area contributed by atoms with E-state index in [0.29, 0.717) is 18.8 Å². The number of aromatic nitrogens is 2. The molecule has 7 nitrogen and oxygen atoms in total. The fourth-order valence-electron chi connectivity index (χ4n) is 2.90. The van der Waals surface area contributed by atoms with E-state index in [4.69, 9.17) is 9.84 Å². The molecule has 0 aliphatic rings. The minimum Gasteiger partial charge on any atom is -0.497 e. The van der Waals surface area contributed by atoms with E-state index in [1.54, 1.807) is 23.6 Å². The summed E-state index contributed by atoms with van der Waals surface area (Å²) < 4.78 is 6.93. The first kappa shape index (κ1) is 22.5. The van der Waals surface area contributed by atoms with Crippen LogP contribution in [-0.2, 0) is 15.0 Å². The van der Waals surface area contributed by atoms with E-state index in [-0.39, 0.29) is 23.8 Å². The van der Waals surface area contributed by atoms with E-state index < -0.39 is 0 Å². The van der Waals surface area contributed by atoms with Gasteiger partial charge in [-0.15, -0.1) is 0 Å². The Bertz CT molecular complexity index is 835. The standard InChI is InChI=1S/C22H32N4O3/c1-7-13-25(21(28)8-2)15-20(27)23-19-14-18(22(3,4)5)24-26(19)16-9-11-17(29-6)12-10-16/h9-12,14H,7-8,13,15H2,1-6H3,(H,23,27). The molecule has 7 heteroatoms. The number of benzene rings is 1. The van der Waals surface area contributed by atoms with Gasteiger partial charge in [-0.25, -0.2) is 4.68 Å². The number of nitrogens with zero attached hydrogens (tertiary/aromatic N) is 3. The molecule has 29 heavy (non-hydrogen) atoms. The maximum absolute atomic E-state index is 12.7. The van der Waals surface area contributed by atoms with Gasteiger partial charge in [0.2, 0.25) is 11.8 Å². The molecular formula is C22H32N4O3. The summed E-state index contributed by atoms with van der Waals surface area (Å²) in [6.45, 7) is 10.6. The van der Waals surface area contributed by atoms with Crippen molar-refractivity contribution < 1.29 is 14.3 Å². The fourth-order valence-corrected chi connectivity index (χ4v) is 2.90. The molecule has 0 radical (unpaired) electrons. The van der Waals surface area contributed by atoms with E-state index in [0.717, 1.165) is 23.6 Å². The van der Waals surface area contributed by atoms with Crippen molar-refractivity contribution in [1.82, 2.24) is 14.7 Å². The Labute approximate surface area is 173 Å². The van der Waals surface area contributed by atoms with Gasteiger partial charge in [-0.05, 0) is 30.7 Å². The zero-order chi connectivity index (χ0) is 21.6. The second-order valence-electron chi connectivity index (χ2n) is 7.99. The van der Waals surface area contributed by atoms with Crippen LogP contribution in [0.2, 0.25) is 0 Å². The number of nitrogens with one attached hydrogen (secondary N) is 1. The van der Waals surface area contributed by atoms with Crippen LogP contribution in [0.1, 0.15) is 53.2 Å². The number of hydrogen-bond donors (Lipinski definition) is 1. The Hall–Kier alpha value is -2.83. The molecule has 158 valence electrons. The molecule has 0 aliphatic carbocycles. The topological polar surface area (TPSA) is 76.5 Å². The lowest BCUT2D eigenvalue weighted by molar-refractivity contribution is -0.134. The van der Waals surface area contributed by atoms with Gasteiger partial charge < -0.3 is 15.0 Å². The molecule has 1 N–H and O–H groups in total. The second kappa shape index (κ2) is 9.58. The Morgan fingerprint density at radius 1 is 1.17 bits per heavy atom. The molecule has 0 fully saturated rings. The quantitative estimate of drug-likeness (QED) is 0.732. The summed E-state index contributed by atoms with van der Waals surface area (Å²) in [6.07, 6.45) is 1.18. The molecule has 0 atom stereocenters. The van der Waals surface area contributed by atoms with E-state index in [1.165, 1.54) is 0 Å². The highest BCUT2D eigenvalue weighted by Crippen LogP contribution is 2.27. The molecule has 0 aliphatic heterocycles. The average molecular weight is 401 g/mol. The van der Waals surface area contributed by atoms with Crippen LogP contribution in [0.4, 0.5) is 5.82 Å². The van der Waals surface area contributed by atoms with Gasteiger partial charge in [-0.1, -0.05) is 34.6 Å². The lowest BCUT2D eigenvalue weighted by atomic mass is 9.92. The van der Waals surface area contributed by atoms with Gasteiger partial charge in [0.15, 0.2) is 0 Å². The lowest BCUT2D eigenvalue weighted by Gasteiger charge is -2.21. The van der Waals surface area contributed by atoms with Crippen molar-refractivity contribution in [2.75, 3.05) is 25.5 Å². The summed E-state index contributed by atoms with van der Waals surface area (Å²) in [6, 6.07) is 9.36. The Morgan fingerprint density at radius 2 is 1.83 bits per heavy atom. The van der Waals surface area contributed by atoms with Crippen LogP contribution in [0.25, 0.3) is 5.69 Å². The molecule has 0 spiro atoms. The van der Waals surface area contributed by atoms with Crippen LogP contribution in [0.15, 0.2) is 30.3 Å². The molecular weight excluding hydrogens is 368 g/mol. The summed E-state index contributed by atoms with van der Waals surface area (Å²) in [5, 5.41) is 7.64. The van der Waals surface area contributed by atoms with E-state index in [9.17, 15) is 9.59 Å². The van der Waals surface area contributed by atoms with Crippen molar-refractivity contribution in [3.8, 4) is 11.4 Å². The first-order valence-corrected chi connectivity index (χ1v) is 10.0.